The van der Waals surface area contributed by atoms with Crippen LogP contribution in [0, 0.1) is 30.9 Å². The second-order valence-electron chi connectivity index (χ2n) is 6.34. The SMILES string of the molecule is Cc1ccc(Nc2nnc(SCC(=O)Nc3cccc([N+](=O)[O-])c3C)s2)cc1C. The van der Waals surface area contributed by atoms with Crippen molar-refractivity contribution in [1.82, 2.24) is 10.2 Å². The van der Waals surface area contributed by atoms with Gasteiger partial charge < -0.3 is 10.6 Å². The third kappa shape index (κ3) is 5.30. The smallest absolute Gasteiger partial charge is 0.274 e. The van der Waals surface area contributed by atoms with Crippen LogP contribution in [0.1, 0.15) is 16.7 Å². The summed E-state index contributed by atoms with van der Waals surface area (Å²) >= 11 is 2.62. The van der Waals surface area contributed by atoms with Crippen LogP contribution >= 0.6 is 23.1 Å². The number of rotatable bonds is 7. The van der Waals surface area contributed by atoms with Gasteiger partial charge in [0.15, 0.2) is 4.34 Å². The molecule has 3 aromatic rings. The number of anilines is 3. The van der Waals surface area contributed by atoms with Crippen LogP contribution in [-0.2, 0) is 4.79 Å². The molecule has 0 bridgehead atoms. The van der Waals surface area contributed by atoms with E-state index in [9.17, 15) is 14.9 Å². The molecule has 0 aliphatic carbocycles. The Kier molecular flexibility index (Phi) is 6.45. The molecule has 0 aliphatic rings. The van der Waals surface area contributed by atoms with Gasteiger partial charge in [0.05, 0.1) is 21.9 Å². The molecule has 0 saturated heterocycles. The van der Waals surface area contributed by atoms with Gasteiger partial charge in [0.1, 0.15) is 0 Å². The maximum Gasteiger partial charge on any atom is 0.274 e. The van der Waals surface area contributed by atoms with Gasteiger partial charge in [-0.2, -0.15) is 0 Å². The molecule has 0 fully saturated rings. The Bertz CT molecular complexity index is 1070. The van der Waals surface area contributed by atoms with Crippen LogP contribution in [0.25, 0.3) is 0 Å². The fraction of sp³-hybridized carbons (Fsp3) is 0.211. The van der Waals surface area contributed by atoms with Crippen molar-refractivity contribution >= 4 is 51.2 Å². The quantitative estimate of drug-likeness (QED) is 0.314. The molecule has 29 heavy (non-hydrogen) atoms. The van der Waals surface area contributed by atoms with E-state index in [0.29, 0.717) is 20.7 Å². The fourth-order valence-electron chi connectivity index (χ4n) is 2.53. The average molecular weight is 430 g/mol. The zero-order chi connectivity index (χ0) is 21.0. The van der Waals surface area contributed by atoms with Gasteiger partial charge in [0, 0.05) is 11.8 Å². The highest BCUT2D eigenvalue weighted by Crippen LogP contribution is 2.29. The Morgan fingerprint density at radius 3 is 2.69 bits per heavy atom. The summed E-state index contributed by atoms with van der Waals surface area (Å²) in [6, 6.07) is 10.6. The van der Waals surface area contributed by atoms with Crippen molar-refractivity contribution in [2.24, 2.45) is 0 Å². The number of nitrogens with zero attached hydrogens (tertiary/aromatic N) is 3. The molecule has 10 heteroatoms. The predicted molar refractivity (Wildman–Crippen MR) is 116 cm³/mol. The second kappa shape index (κ2) is 9.01. The Labute approximate surface area is 175 Å². The number of nitro groups is 1. The van der Waals surface area contributed by atoms with Gasteiger partial charge >= 0.3 is 0 Å². The molecule has 1 heterocycles. The van der Waals surface area contributed by atoms with E-state index in [0.717, 1.165) is 5.69 Å². The number of thioether (sulfide) groups is 1. The van der Waals surface area contributed by atoms with Gasteiger partial charge in [0.25, 0.3) is 5.69 Å². The second-order valence-corrected chi connectivity index (χ2v) is 8.54. The summed E-state index contributed by atoms with van der Waals surface area (Å²) in [5.74, 6) is -0.141. The monoisotopic (exact) mass is 429 g/mol. The molecule has 0 aliphatic heterocycles. The van der Waals surface area contributed by atoms with E-state index in [4.69, 9.17) is 0 Å². The molecule has 2 N–H and O–H groups in total. The van der Waals surface area contributed by atoms with Crippen LogP contribution in [0.2, 0.25) is 0 Å². The number of hydrogen-bond donors (Lipinski definition) is 2. The van der Waals surface area contributed by atoms with Gasteiger partial charge in [0.2, 0.25) is 11.0 Å². The van der Waals surface area contributed by atoms with Gasteiger partial charge in [-0.3, -0.25) is 14.9 Å². The predicted octanol–water partition coefficient (Wildman–Crippen LogP) is 4.85. The average Bonchev–Trinajstić information content (AvgIpc) is 3.12. The van der Waals surface area contributed by atoms with Gasteiger partial charge in [-0.25, -0.2) is 0 Å². The molecule has 0 radical (unpaired) electrons. The molecule has 150 valence electrons. The lowest BCUT2D eigenvalue weighted by Gasteiger charge is -2.07. The Morgan fingerprint density at radius 1 is 1.17 bits per heavy atom. The zero-order valence-corrected chi connectivity index (χ0v) is 17.7. The third-order valence-corrected chi connectivity index (χ3v) is 6.24. The topological polar surface area (TPSA) is 110 Å². The van der Waals surface area contributed by atoms with E-state index >= 15 is 0 Å². The number of aromatic nitrogens is 2. The van der Waals surface area contributed by atoms with Gasteiger partial charge in [-0.1, -0.05) is 35.2 Å². The van der Waals surface area contributed by atoms with Crippen LogP contribution in [0.15, 0.2) is 40.7 Å². The minimum atomic E-state index is -0.467. The maximum atomic E-state index is 12.2. The molecule has 8 nitrogen and oxygen atoms in total. The molecule has 1 aromatic heterocycles. The molecular formula is C19H19N5O3S2. The summed E-state index contributed by atoms with van der Waals surface area (Å²) < 4.78 is 0.655. The van der Waals surface area contributed by atoms with Crippen LogP contribution in [0.5, 0.6) is 0 Å². The summed E-state index contributed by atoms with van der Waals surface area (Å²) in [6.45, 7) is 5.71. The Morgan fingerprint density at radius 2 is 1.97 bits per heavy atom. The molecule has 0 atom stereocenters. The highest BCUT2D eigenvalue weighted by molar-refractivity contribution is 8.01. The van der Waals surface area contributed by atoms with Crippen molar-refractivity contribution in [2.75, 3.05) is 16.4 Å². The number of carbonyl (C=O) groups excluding carboxylic acids is 1. The maximum absolute atomic E-state index is 12.2. The standard InChI is InChI=1S/C19H19N5O3S2/c1-11-7-8-14(9-12(11)2)20-18-22-23-19(29-18)28-10-17(25)21-15-5-4-6-16(13(15)3)24(26)27/h4-9H,10H2,1-3H3,(H,20,22)(H,21,25). The minimum Gasteiger partial charge on any atom is -0.330 e. The normalized spacial score (nSPS) is 10.6. The van der Waals surface area contributed by atoms with Crippen LogP contribution in [0.3, 0.4) is 0 Å². The van der Waals surface area contributed by atoms with Crippen molar-refractivity contribution in [1.29, 1.82) is 0 Å². The minimum absolute atomic E-state index is 0.0263. The number of aryl methyl sites for hydroxylation is 2. The van der Waals surface area contributed by atoms with Crippen molar-refractivity contribution in [3.63, 3.8) is 0 Å². The van der Waals surface area contributed by atoms with Crippen molar-refractivity contribution in [3.8, 4) is 0 Å². The van der Waals surface area contributed by atoms with Crippen molar-refractivity contribution in [2.45, 2.75) is 25.1 Å². The van der Waals surface area contributed by atoms with E-state index in [1.807, 2.05) is 25.1 Å². The first-order valence-electron chi connectivity index (χ1n) is 8.68. The number of carbonyl (C=O) groups is 1. The first-order chi connectivity index (χ1) is 13.8. The van der Waals surface area contributed by atoms with E-state index in [1.165, 1.54) is 40.3 Å². The van der Waals surface area contributed by atoms with Gasteiger partial charge in [-0.15, -0.1) is 10.2 Å². The van der Waals surface area contributed by atoms with Gasteiger partial charge in [-0.05, 0) is 50.1 Å². The van der Waals surface area contributed by atoms with Crippen LogP contribution < -0.4 is 10.6 Å². The summed E-state index contributed by atoms with van der Waals surface area (Å²) in [5, 5.41) is 25.8. The molecule has 0 unspecified atom stereocenters. The molecule has 0 spiro atoms. The summed E-state index contributed by atoms with van der Waals surface area (Å²) in [5.41, 5.74) is 4.16. The molecule has 2 aromatic carbocycles. The first kappa shape index (κ1) is 20.7. The third-order valence-electron chi connectivity index (χ3n) is 4.27. The number of nitrogens with one attached hydrogen (secondary N) is 2. The highest BCUT2D eigenvalue weighted by Gasteiger charge is 2.15. The van der Waals surface area contributed by atoms with Crippen molar-refractivity contribution in [3.05, 3.63) is 63.2 Å². The summed E-state index contributed by atoms with van der Waals surface area (Å²) in [7, 11) is 0. The lowest BCUT2D eigenvalue weighted by molar-refractivity contribution is -0.385. The largest absolute Gasteiger partial charge is 0.330 e. The van der Waals surface area contributed by atoms with Crippen molar-refractivity contribution < 1.29 is 9.72 Å². The highest BCUT2D eigenvalue weighted by atomic mass is 32.2. The summed E-state index contributed by atoms with van der Waals surface area (Å²) in [6.07, 6.45) is 0. The van der Waals surface area contributed by atoms with Crippen LogP contribution in [0.4, 0.5) is 22.2 Å². The fourth-order valence-corrected chi connectivity index (χ4v) is 4.10. The lowest BCUT2D eigenvalue weighted by atomic mass is 10.1. The number of hydrogen-bond acceptors (Lipinski definition) is 8. The number of amides is 1. The van der Waals surface area contributed by atoms with E-state index in [2.05, 4.69) is 27.8 Å². The first-order valence-corrected chi connectivity index (χ1v) is 10.5. The lowest BCUT2D eigenvalue weighted by Crippen LogP contribution is -2.15. The van der Waals surface area contributed by atoms with Crippen LogP contribution in [-0.4, -0.2) is 26.8 Å². The number of nitro benzene ring substituents is 1. The Balaban J connectivity index is 1.57. The molecule has 3 rings (SSSR count). The number of benzene rings is 2. The Hall–Kier alpha value is -2.98. The zero-order valence-electron chi connectivity index (χ0n) is 16.1. The van der Waals surface area contributed by atoms with E-state index in [-0.39, 0.29) is 17.3 Å². The molecule has 0 saturated carbocycles. The van der Waals surface area contributed by atoms with E-state index < -0.39 is 4.92 Å². The molecular weight excluding hydrogens is 410 g/mol. The van der Waals surface area contributed by atoms with E-state index in [1.54, 1.807) is 19.1 Å². The summed E-state index contributed by atoms with van der Waals surface area (Å²) in [4.78, 5) is 22.8. The molecule has 1 amide bonds.